The van der Waals surface area contributed by atoms with Gasteiger partial charge in [0.25, 0.3) is 8.38 Å². The smallest absolute Gasteiger partial charge is 0.250 e. The maximum Gasteiger partial charge on any atom is 0.250 e. The van der Waals surface area contributed by atoms with Gasteiger partial charge in [-0.25, -0.2) is 9.87 Å². The van der Waals surface area contributed by atoms with Crippen LogP contribution in [0.1, 0.15) is 26.2 Å². The van der Waals surface area contributed by atoms with Gasteiger partial charge in [-0.1, -0.05) is 0 Å². The van der Waals surface area contributed by atoms with Crippen LogP contribution >= 0.6 is 16.8 Å². The average molecular weight is 411 g/mol. The molecule has 0 radical (unpaired) electrons. The SMILES string of the molecule is C[C@@H](O)O[P@](O)C(O)(Cn1ccnc1)P(O)OOC1(C(=O)CN)CCC1. The van der Waals surface area contributed by atoms with Crippen LogP contribution in [0.2, 0.25) is 0 Å². The number of ketones is 1. The number of nitrogens with two attached hydrogens (primary N) is 1. The summed E-state index contributed by atoms with van der Waals surface area (Å²) in [7, 11) is -5.57. The Labute approximate surface area is 152 Å². The van der Waals surface area contributed by atoms with Crippen LogP contribution in [0.5, 0.6) is 0 Å². The fourth-order valence-corrected chi connectivity index (χ4v) is 4.49. The molecule has 2 unspecified atom stereocenters. The predicted molar refractivity (Wildman–Crippen MR) is 91.0 cm³/mol. The third kappa shape index (κ3) is 4.82. The second kappa shape index (κ2) is 9.07. The molecule has 26 heavy (non-hydrogen) atoms. The first-order valence-corrected chi connectivity index (χ1v) is 10.3. The van der Waals surface area contributed by atoms with Crippen molar-refractivity contribution in [3.05, 3.63) is 18.7 Å². The molecule has 13 heteroatoms. The van der Waals surface area contributed by atoms with Gasteiger partial charge < -0.3 is 34.8 Å². The summed E-state index contributed by atoms with van der Waals surface area (Å²) in [5.41, 5.74) is 4.11. The van der Waals surface area contributed by atoms with Crippen molar-refractivity contribution in [2.75, 3.05) is 6.54 Å². The van der Waals surface area contributed by atoms with Gasteiger partial charge in [0.05, 0.1) is 19.4 Å². The normalized spacial score (nSPS) is 22.1. The standard InChI is InChI=1S/C13H23N3O8P2/c1-10(17)22-25(20)13(19,8-16-6-5-15-9-16)26(21)24-23-12(3-2-4-12)11(18)7-14/h5-6,9-10,17,19-21H,2-4,7-8,14H2,1H3/t10-,13?,25-,26?/m0/s1. The summed E-state index contributed by atoms with van der Waals surface area (Å²) in [6.07, 6.45) is 4.39. The Kier molecular flexibility index (Phi) is 7.58. The Morgan fingerprint density at radius 1 is 1.46 bits per heavy atom. The van der Waals surface area contributed by atoms with Crippen LogP contribution in [0.4, 0.5) is 0 Å². The number of hydrogen-bond donors (Lipinski definition) is 5. The molecule has 1 aliphatic rings. The summed E-state index contributed by atoms with van der Waals surface area (Å²) in [6.45, 7) is 0.651. The molecule has 0 bridgehead atoms. The second-order valence-electron chi connectivity index (χ2n) is 5.89. The van der Waals surface area contributed by atoms with E-state index in [0.717, 1.165) is 6.42 Å². The van der Waals surface area contributed by atoms with Crippen LogP contribution in [0, 0.1) is 0 Å². The van der Waals surface area contributed by atoms with E-state index in [1.165, 1.54) is 30.2 Å². The van der Waals surface area contributed by atoms with E-state index in [1.807, 2.05) is 0 Å². The van der Waals surface area contributed by atoms with E-state index in [4.69, 9.17) is 19.8 Å². The Balaban J connectivity index is 2.11. The van der Waals surface area contributed by atoms with Gasteiger partial charge in [0.15, 0.2) is 17.7 Å². The van der Waals surface area contributed by atoms with Crippen molar-refractivity contribution in [1.82, 2.24) is 9.55 Å². The molecule has 0 aliphatic heterocycles. The quantitative estimate of drug-likeness (QED) is 0.143. The minimum absolute atomic E-state index is 0.246. The van der Waals surface area contributed by atoms with Gasteiger partial charge in [0.2, 0.25) is 13.5 Å². The number of aliphatic hydroxyl groups is 2. The summed E-state index contributed by atoms with van der Waals surface area (Å²) in [6, 6.07) is 0. The number of carbonyl (C=O) groups is 1. The van der Waals surface area contributed by atoms with E-state index < -0.39 is 33.7 Å². The zero-order valence-electron chi connectivity index (χ0n) is 14.1. The van der Waals surface area contributed by atoms with Crippen LogP contribution in [0.25, 0.3) is 0 Å². The number of hydrogen-bond acceptors (Lipinski definition) is 10. The van der Waals surface area contributed by atoms with Crippen LogP contribution in [0.15, 0.2) is 18.7 Å². The van der Waals surface area contributed by atoms with E-state index in [0.29, 0.717) is 12.8 Å². The summed E-state index contributed by atoms with van der Waals surface area (Å²) < 4.78 is 11.2. The Morgan fingerprint density at radius 3 is 2.62 bits per heavy atom. The molecule has 1 aliphatic carbocycles. The molecule has 2 rings (SSSR count). The molecular formula is C13H23N3O8P2. The van der Waals surface area contributed by atoms with Gasteiger partial charge in [-0.05, 0) is 26.2 Å². The number of rotatable bonds is 11. The minimum Gasteiger partial charge on any atom is -0.371 e. The molecule has 1 saturated carbocycles. The first-order chi connectivity index (χ1) is 12.2. The van der Waals surface area contributed by atoms with Crippen molar-refractivity contribution >= 4 is 22.5 Å². The average Bonchev–Trinajstić information content (AvgIpc) is 3.05. The van der Waals surface area contributed by atoms with Gasteiger partial charge in [-0.2, -0.15) is 4.67 Å². The molecule has 148 valence electrons. The maximum absolute atomic E-state index is 11.9. The van der Waals surface area contributed by atoms with Crippen molar-refractivity contribution in [3.8, 4) is 0 Å². The molecular weight excluding hydrogens is 388 g/mol. The maximum atomic E-state index is 11.9. The van der Waals surface area contributed by atoms with E-state index in [2.05, 4.69) is 4.98 Å². The number of imidazole rings is 1. The van der Waals surface area contributed by atoms with E-state index in [1.54, 1.807) is 0 Å². The van der Waals surface area contributed by atoms with Gasteiger partial charge in [0.1, 0.15) is 0 Å². The molecule has 0 aromatic carbocycles. The highest BCUT2D eigenvalue weighted by Gasteiger charge is 2.52. The number of nitrogens with zero attached hydrogens (tertiary/aromatic N) is 2. The summed E-state index contributed by atoms with van der Waals surface area (Å²) in [4.78, 5) is 41.5. The minimum atomic E-state index is -2.83. The highest BCUT2D eigenvalue weighted by atomic mass is 31.2. The summed E-state index contributed by atoms with van der Waals surface area (Å²) in [5.74, 6) is -0.378. The van der Waals surface area contributed by atoms with Crippen LogP contribution in [-0.2, 0) is 25.4 Å². The Morgan fingerprint density at radius 2 is 2.15 bits per heavy atom. The first kappa shape index (κ1) is 21.7. The fourth-order valence-electron chi connectivity index (χ4n) is 2.31. The lowest BCUT2D eigenvalue weighted by atomic mass is 9.77. The van der Waals surface area contributed by atoms with Crippen molar-refractivity contribution < 1.29 is 38.9 Å². The Bertz CT molecular complexity index is 586. The Hall–Kier alpha value is -0.580. The third-order valence-electron chi connectivity index (χ3n) is 3.94. The number of aliphatic hydroxyl groups excluding tert-OH is 1. The van der Waals surface area contributed by atoms with Crippen molar-refractivity contribution in [3.63, 3.8) is 0 Å². The number of Topliss-reactive ketones (excluding diaryl/α,β-unsaturated/α-hetero) is 1. The van der Waals surface area contributed by atoms with Crippen LogP contribution in [0.3, 0.4) is 0 Å². The van der Waals surface area contributed by atoms with Crippen LogP contribution in [-0.4, -0.2) is 58.9 Å². The second-order valence-corrected chi connectivity index (χ2v) is 9.18. The molecule has 6 N–H and O–H groups in total. The molecule has 0 amide bonds. The monoisotopic (exact) mass is 411 g/mol. The van der Waals surface area contributed by atoms with E-state index in [-0.39, 0.29) is 18.9 Å². The zero-order valence-corrected chi connectivity index (χ0v) is 15.9. The molecule has 1 aromatic rings. The topological polar surface area (TPSA) is 170 Å². The number of carbonyl (C=O) groups excluding carboxylic acids is 1. The fraction of sp³-hybridized carbons (Fsp3) is 0.692. The lowest BCUT2D eigenvalue weighted by Gasteiger charge is -2.40. The third-order valence-corrected chi connectivity index (χ3v) is 7.20. The van der Waals surface area contributed by atoms with E-state index in [9.17, 15) is 24.8 Å². The first-order valence-electron chi connectivity index (χ1n) is 7.84. The summed E-state index contributed by atoms with van der Waals surface area (Å²) >= 11 is 0. The van der Waals surface area contributed by atoms with Gasteiger partial charge in [-0.15, -0.1) is 0 Å². The molecule has 1 heterocycles. The molecule has 0 spiro atoms. The van der Waals surface area contributed by atoms with Gasteiger partial charge in [0, 0.05) is 12.4 Å². The van der Waals surface area contributed by atoms with E-state index >= 15 is 0 Å². The van der Waals surface area contributed by atoms with Crippen molar-refractivity contribution in [2.45, 2.75) is 49.7 Å². The molecule has 1 aromatic heterocycles. The lowest BCUT2D eigenvalue weighted by molar-refractivity contribution is -0.303. The lowest BCUT2D eigenvalue weighted by Crippen LogP contribution is -2.50. The van der Waals surface area contributed by atoms with Crippen molar-refractivity contribution in [2.24, 2.45) is 5.73 Å². The summed E-state index contributed by atoms with van der Waals surface area (Å²) in [5, 5.41) is 17.8. The largest absolute Gasteiger partial charge is 0.371 e. The number of aromatic nitrogens is 2. The van der Waals surface area contributed by atoms with Crippen LogP contribution < -0.4 is 5.73 Å². The predicted octanol–water partition coefficient (Wildman–Crippen LogP) is -0.109. The molecule has 1 fully saturated rings. The zero-order chi connectivity index (χ0) is 19.4. The highest BCUT2D eigenvalue weighted by molar-refractivity contribution is 7.66. The van der Waals surface area contributed by atoms with Gasteiger partial charge in [-0.3, -0.25) is 4.79 Å². The highest BCUT2D eigenvalue weighted by Crippen LogP contribution is 2.64. The molecule has 4 atom stereocenters. The van der Waals surface area contributed by atoms with Gasteiger partial charge >= 0.3 is 0 Å². The molecule has 11 nitrogen and oxygen atoms in total. The molecule has 0 saturated heterocycles. The van der Waals surface area contributed by atoms with Crippen molar-refractivity contribution in [1.29, 1.82) is 0 Å².